The Morgan fingerprint density at radius 2 is 2.32 bits per heavy atom. The van der Waals surface area contributed by atoms with Gasteiger partial charge in [0.15, 0.2) is 5.52 Å². The normalized spacial score (nSPS) is 16.9. The maximum Gasteiger partial charge on any atom is 0.266 e. The van der Waals surface area contributed by atoms with Gasteiger partial charge < -0.3 is 24.5 Å². The second-order valence-corrected chi connectivity index (χ2v) is 6.15. The summed E-state index contributed by atoms with van der Waals surface area (Å²) in [6.45, 7) is 1.31. The molecule has 2 N–H and O–H groups in total. The minimum Gasteiger partial charge on any atom is -0.530 e. The van der Waals surface area contributed by atoms with Crippen molar-refractivity contribution in [2.45, 2.75) is 25.5 Å². The zero-order chi connectivity index (χ0) is 17.4. The van der Waals surface area contributed by atoms with Crippen molar-refractivity contribution < 1.29 is 24.6 Å². The molecular formula is C17H18N4O4. The van der Waals surface area contributed by atoms with Crippen LogP contribution in [-0.4, -0.2) is 34.0 Å². The van der Waals surface area contributed by atoms with Gasteiger partial charge in [0.1, 0.15) is 18.5 Å². The highest BCUT2D eigenvalue weighted by molar-refractivity contribution is 6.00. The molecule has 0 saturated carbocycles. The highest BCUT2D eigenvalue weighted by Crippen LogP contribution is 2.31. The second-order valence-electron chi connectivity index (χ2n) is 6.15. The SMILES string of the molecule is O=C([O-])NCCC[C@H]1COCc2nc3c[n+](O)c4ccccc4c3n21. The molecule has 0 radical (unpaired) electrons. The Morgan fingerprint density at radius 1 is 1.48 bits per heavy atom. The molecule has 1 amide bonds. The van der Waals surface area contributed by atoms with E-state index in [1.807, 2.05) is 24.3 Å². The molecule has 3 aromatic rings. The highest BCUT2D eigenvalue weighted by atomic mass is 16.5. The quantitative estimate of drug-likeness (QED) is 0.408. The summed E-state index contributed by atoms with van der Waals surface area (Å²) in [5.74, 6) is 0.815. The molecule has 0 aliphatic carbocycles. The monoisotopic (exact) mass is 342 g/mol. The first-order valence-corrected chi connectivity index (χ1v) is 8.21. The van der Waals surface area contributed by atoms with Gasteiger partial charge in [0.05, 0.1) is 23.6 Å². The zero-order valence-electron chi connectivity index (χ0n) is 13.5. The fourth-order valence-electron chi connectivity index (χ4n) is 3.51. The van der Waals surface area contributed by atoms with Crippen LogP contribution in [0.1, 0.15) is 24.7 Å². The summed E-state index contributed by atoms with van der Waals surface area (Å²) in [6.07, 6.45) is 1.78. The first kappa shape index (κ1) is 15.6. The van der Waals surface area contributed by atoms with Crippen molar-refractivity contribution in [3.8, 4) is 0 Å². The molecule has 3 heterocycles. The first-order valence-electron chi connectivity index (χ1n) is 8.21. The van der Waals surface area contributed by atoms with Gasteiger partial charge >= 0.3 is 0 Å². The lowest BCUT2D eigenvalue weighted by Gasteiger charge is -2.26. The Bertz CT molecular complexity index is 953. The van der Waals surface area contributed by atoms with E-state index in [4.69, 9.17) is 4.74 Å². The number of ether oxygens (including phenoxy) is 1. The van der Waals surface area contributed by atoms with E-state index < -0.39 is 6.09 Å². The molecule has 4 rings (SSSR count). The van der Waals surface area contributed by atoms with Crippen LogP contribution in [0.3, 0.4) is 0 Å². The number of imidazole rings is 1. The van der Waals surface area contributed by atoms with Crippen LogP contribution in [0.4, 0.5) is 4.79 Å². The molecule has 1 atom stereocenters. The number of para-hydroxylation sites is 1. The maximum atomic E-state index is 10.5. The average Bonchev–Trinajstić information content (AvgIpc) is 2.97. The predicted octanol–water partition coefficient (Wildman–Crippen LogP) is 0.499. The van der Waals surface area contributed by atoms with E-state index in [0.29, 0.717) is 37.2 Å². The van der Waals surface area contributed by atoms with E-state index in [1.54, 1.807) is 6.20 Å². The molecule has 8 nitrogen and oxygen atoms in total. The summed E-state index contributed by atoms with van der Waals surface area (Å²) in [5, 5.41) is 23.9. The molecule has 0 fully saturated rings. The summed E-state index contributed by atoms with van der Waals surface area (Å²) >= 11 is 0. The molecule has 25 heavy (non-hydrogen) atoms. The molecule has 2 aromatic heterocycles. The molecule has 0 unspecified atom stereocenters. The van der Waals surface area contributed by atoms with Gasteiger partial charge in [0, 0.05) is 17.3 Å². The number of rotatable bonds is 4. The number of hydrogen-bond acceptors (Lipinski definition) is 5. The van der Waals surface area contributed by atoms with Crippen molar-refractivity contribution in [2.75, 3.05) is 13.2 Å². The van der Waals surface area contributed by atoms with Gasteiger partial charge in [-0.3, -0.25) is 5.21 Å². The van der Waals surface area contributed by atoms with Gasteiger partial charge in [0.2, 0.25) is 0 Å². The zero-order valence-corrected chi connectivity index (χ0v) is 13.5. The largest absolute Gasteiger partial charge is 0.530 e. The topological polar surface area (TPSA) is 103 Å². The van der Waals surface area contributed by atoms with Crippen LogP contribution in [0.25, 0.3) is 21.9 Å². The number of benzene rings is 1. The lowest BCUT2D eigenvalue weighted by molar-refractivity contribution is -0.883. The minimum atomic E-state index is -1.26. The molecule has 130 valence electrons. The highest BCUT2D eigenvalue weighted by Gasteiger charge is 2.27. The third-order valence-corrected chi connectivity index (χ3v) is 4.55. The van der Waals surface area contributed by atoms with E-state index in [1.165, 1.54) is 0 Å². The van der Waals surface area contributed by atoms with Gasteiger partial charge in [-0.1, -0.05) is 12.1 Å². The van der Waals surface area contributed by atoms with Crippen molar-refractivity contribution >= 4 is 28.0 Å². The summed E-state index contributed by atoms with van der Waals surface area (Å²) in [7, 11) is 0. The summed E-state index contributed by atoms with van der Waals surface area (Å²) in [5.41, 5.74) is 2.39. The Kier molecular flexibility index (Phi) is 3.89. The molecular weight excluding hydrogens is 324 g/mol. The Balaban J connectivity index is 1.76. The summed E-state index contributed by atoms with van der Waals surface area (Å²) < 4.78 is 8.92. The van der Waals surface area contributed by atoms with Crippen molar-refractivity contribution in [3.63, 3.8) is 0 Å². The molecule has 1 aromatic carbocycles. The standard InChI is InChI=1S/C17H18N4O4/c22-17(23)18-7-3-4-11-9-25-10-15-19-13-8-20(24)14-6-2-1-5-12(14)16(13)21(11)15/h1-2,5-6,8,11,18H,3-4,7,9-10H2,(H-,22,23,24)/t11-/m0/s1. The summed E-state index contributed by atoms with van der Waals surface area (Å²) in [6, 6.07) is 7.69. The van der Waals surface area contributed by atoms with Crippen LogP contribution in [0.2, 0.25) is 0 Å². The fourth-order valence-corrected chi connectivity index (χ4v) is 3.51. The van der Waals surface area contributed by atoms with E-state index >= 15 is 0 Å². The van der Waals surface area contributed by atoms with E-state index in [-0.39, 0.29) is 6.04 Å². The van der Waals surface area contributed by atoms with Gasteiger partial charge in [-0.2, -0.15) is 0 Å². The number of hydrogen-bond donors (Lipinski definition) is 2. The number of amides is 1. The molecule has 8 heteroatoms. The van der Waals surface area contributed by atoms with E-state index in [2.05, 4.69) is 14.9 Å². The van der Waals surface area contributed by atoms with Crippen LogP contribution in [-0.2, 0) is 11.3 Å². The van der Waals surface area contributed by atoms with Crippen molar-refractivity contribution in [2.24, 2.45) is 0 Å². The van der Waals surface area contributed by atoms with Crippen molar-refractivity contribution in [1.82, 2.24) is 14.9 Å². The van der Waals surface area contributed by atoms with Crippen LogP contribution in [0.15, 0.2) is 30.5 Å². The molecule has 0 spiro atoms. The minimum absolute atomic E-state index is 0.0650. The summed E-state index contributed by atoms with van der Waals surface area (Å²) in [4.78, 5) is 15.1. The van der Waals surface area contributed by atoms with Gasteiger partial charge in [0.25, 0.3) is 11.7 Å². The number of nitrogens with zero attached hydrogens (tertiary/aromatic N) is 3. The first-order chi connectivity index (χ1) is 12.1. The Labute approximate surface area is 143 Å². The van der Waals surface area contributed by atoms with E-state index in [0.717, 1.165) is 27.9 Å². The number of pyridine rings is 1. The molecule has 1 aliphatic heterocycles. The number of carbonyl (C=O) groups is 1. The molecule has 0 saturated heterocycles. The number of aromatic nitrogens is 3. The third-order valence-electron chi connectivity index (χ3n) is 4.55. The van der Waals surface area contributed by atoms with Gasteiger partial charge in [-0.25, -0.2) is 4.98 Å². The van der Waals surface area contributed by atoms with Gasteiger partial charge in [-0.05, 0) is 18.9 Å². The van der Waals surface area contributed by atoms with Crippen molar-refractivity contribution in [3.05, 3.63) is 36.3 Å². The number of fused-ring (bicyclic) bond motifs is 5. The Hall–Kier alpha value is -2.87. The third kappa shape index (κ3) is 2.74. The van der Waals surface area contributed by atoms with Crippen LogP contribution < -0.4 is 15.2 Å². The molecule has 0 bridgehead atoms. The van der Waals surface area contributed by atoms with E-state index in [9.17, 15) is 15.1 Å². The molecule has 1 aliphatic rings. The van der Waals surface area contributed by atoms with Crippen molar-refractivity contribution in [1.29, 1.82) is 0 Å². The van der Waals surface area contributed by atoms with Crippen LogP contribution in [0.5, 0.6) is 0 Å². The second kappa shape index (κ2) is 6.21. The Morgan fingerprint density at radius 3 is 3.16 bits per heavy atom. The van der Waals surface area contributed by atoms with Crippen LogP contribution in [0, 0.1) is 0 Å². The number of carboxylic acid groups (broad SMARTS) is 1. The predicted molar refractivity (Wildman–Crippen MR) is 85.9 cm³/mol. The van der Waals surface area contributed by atoms with Crippen LogP contribution >= 0.6 is 0 Å². The lowest BCUT2D eigenvalue weighted by atomic mass is 10.1. The smallest absolute Gasteiger partial charge is 0.266 e. The fraction of sp³-hybridized carbons (Fsp3) is 0.353. The lowest BCUT2D eigenvalue weighted by Crippen LogP contribution is -2.37. The van der Waals surface area contributed by atoms with Gasteiger partial charge in [-0.15, -0.1) is 0 Å². The number of carbonyl (C=O) groups excluding carboxylic acids is 1. The number of nitrogens with one attached hydrogen (secondary N) is 1. The maximum absolute atomic E-state index is 10.5. The average molecular weight is 342 g/mol.